The lowest BCUT2D eigenvalue weighted by Gasteiger charge is -2.19. The van der Waals surface area contributed by atoms with Crippen molar-refractivity contribution in [3.05, 3.63) is 71.7 Å². The Hall–Kier alpha value is -3.27. The molecular formula is C21H21FN6O2S. The standard InChI is InChI=1S/C21H21FN6O2S/c22-16-5-3-4-15(12-16)21(30)24-13-18-26-25-17-7-9-27(10-11-28(17)18)20(29)14-31-19-6-1-2-8-23-19/h1-6,8,12H,7,9-11,13-14H2,(H,24,30). The number of nitrogens with one attached hydrogen (secondary N) is 1. The number of hydrogen-bond acceptors (Lipinski definition) is 6. The van der Waals surface area contributed by atoms with Crippen LogP contribution in [0.15, 0.2) is 53.7 Å². The third-order valence-electron chi connectivity index (χ3n) is 4.93. The molecule has 0 spiro atoms. The second-order valence-corrected chi connectivity index (χ2v) is 7.96. The maximum Gasteiger partial charge on any atom is 0.251 e. The van der Waals surface area contributed by atoms with Gasteiger partial charge in [-0.1, -0.05) is 23.9 Å². The summed E-state index contributed by atoms with van der Waals surface area (Å²) in [6.07, 6.45) is 2.30. The maximum absolute atomic E-state index is 13.3. The number of nitrogens with zero attached hydrogens (tertiary/aromatic N) is 5. The molecule has 31 heavy (non-hydrogen) atoms. The minimum Gasteiger partial charge on any atom is -0.345 e. The Balaban J connectivity index is 1.33. The number of fused-ring (bicyclic) bond motifs is 1. The van der Waals surface area contributed by atoms with Crippen molar-refractivity contribution in [1.82, 2.24) is 30.0 Å². The minimum absolute atomic E-state index is 0.0512. The minimum atomic E-state index is -0.463. The summed E-state index contributed by atoms with van der Waals surface area (Å²) in [4.78, 5) is 30.9. The number of rotatable bonds is 6. The number of aromatic nitrogens is 4. The van der Waals surface area contributed by atoms with E-state index in [-0.39, 0.29) is 23.9 Å². The predicted octanol–water partition coefficient (Wildman–Crippen LogP) is 1.92. The maximum atomic E-state index is 13.3. The lowest BCUT2D eigenvalue weighted by molar-refractivity contribution is -0.128. The Bertz CT molecular complexity index is 1070. The molecule has 1 aliphatic heterocycles. The highest BCUT2D eigenvalue weighted by molar-refractivity contribution is 7.99. The van der Waals surface area contributed by atoms with Crippen molar-refractivity contribution in [2.24, 2.45) is 0 Å². The molecule has 3 heterocycles. The van der Waals surface area contributed by atoms with E-state index in [0.29, 0.717) is 37.6 Å². The highest BCUT2D eigenvalue weighted by atomic mass is 32.2. The van der Waals surface area contributed by atoms with Crippen LogP contribution in [0.5, 0.6) is 0 Å². The van der Waals surface area contributed by atoms with Crippen molar-refractivity contribution in [3.8, 4) is 0 Å². The van der Waals surface area contributed by atoms with Gasteiger partial charge in [0.25, 0.3) is 5.91 Å². The van der Waals surface area contributed by atoms with Crippen molar-refractivity contribution in [2.45, 2.75) is 24.5 Å². The van der Waals surface area contributed by atoms with Gasteiger partial charge in [0.05, 0.1) is 17.3 Å². The number of thioether (sulfide) groups is 1. The smallest absolute Gasteiger partial charge is 0.251 e. The second-order valence-electron chi connectivity index (χ2n) is 6.96. The van der Waals surface area contributed by atoms with Crippen LogP contribution in [0.25, 0.3) is 0 Å². The van der Waals surface area contributed by atoms with Crippen LogP contribution in [0.2, 0.25) is 0 Å². The topological polar surface area (TPSA) is 93.0 Å². The Morgan fingerprint density at radius 2 is 2.00 bits per heavy atom. The Morgan fingerprint density at radius 1 is 1.10 bits per heavy atom. The van der Waals surface area contributed by atoms with Gasteiger partial charge in [0, 0.05) is 37.8 Å². The van der Waals surface area contributed by atoms with Crippen LogP contribution >= 0.6 is 11.8 Å². The highest BCUT2D eigenvalue weighted by Gasteiger charge is 2.22. The third kappa shape index (κ3) is 5.26. The van der Waals surface area contributed by atoms with Crippen molar-refractivity contribution < 1.29 is 14.0 Å². The molecule has 0 aliphatic carbocycles. The van der Waals surface area contributed by atoms with Crippen LogP contribution in [0.4, 0.5) is 4.39 Å². The first-order valence-electron chi connectivity index (χ1n) is 9.86. The zero-order chi connectivity index (χ0) is 21.6. The molecule has 0 bridgehead atoms. The van der Waals surface area contributed by atoms with E-state index in [0.717, 1.165) is 10.9 Å². The summed E-state index contributed by atoms with van der Waals surface area (Å²) in [5.41, 5.74) is 0.248. The van der Waals surface area contributed by atoms with Crippen molar-refractivity contribution >= 4 is 23.6 Å². The largest absolute Gasteiger partial charge is 0.345 e. The first kappa shape index (κ1) is 21.0. The summed E-state index contributed by atoms with van der Waals surface area (Å²) in [6, 6.07) is 11.1. The van der Waals surface area contributed by atoms with Gasteiger partial charge in [0.2, 0.25) is 5.91 Å². The van der Waals surface area contributed by atoms with Gasteiger partial charge in [-0.15, -0.1) is 10.2 Å². The van der Waals surface area contributed by atoms with E-state index in [9.17, 15) is 14.0 Å². The summed E-state index contributed by atoms with van der Waals surface area (Å²) in [5, 5.41) is 12.0. The zero-order valence-corrected chi connectivity index (χ0v) is 17.5. The molecule has 0 atom stereocenters. The van der Waals surface area contributed by atoms with E-state index in [4.69, 9.17) is 0 Å². The molecular weight excluding hydrogens is 419 g/mol. The van der Waals surface area contributed by atoms with Crippen LogP contribution in [0.1, 0.15) is 22.0 Å². The molecule has 0 saturated carbocycles. The predicted molar refractivity (Wildman–Crippen MR) is 113 cm³/mol. The summed E-state index contributed by atoms with van der Waals surface area (Å²) < 4.78 is 15.3. The fourth-order valence-corrected chi connectivity index (χ4v) is 4.08. The van der Waals surface area contributed by atoms with E-state index in [1.54, 1.807) is 12.3 Å². The van der Waals surface area contributed by atoms with Gasteiger partial charge < -0.3 is 14.8 Å². The van der Waals surface area contributed by atoms with Gasteiger partial charge >= 0.3 is 0 Å². The summed E-state index contributed by atoms with van der Waals surface area (Å²) in [5.74, 6) is 0.924. The normalized spacial score (nSPS) is 13.4. The Labute approximate surface area is 182 Å². The molecule has 160 valence electrons. The Kier molecular flexibility index (Phi) is 6.56. The molecule has 2 aromatic heterocycles. The quantitative estimate of drug-likeness (QED) is 0.589. The van der Waals surface area contributed by atoms with E-state index in [1.165, 1.54) is 30.0 Å². The molecule has 10 heteroatoms. The van der Waals surface area contributed by atoms with Gasteiger partial charge in [0.15, 0.2) is 5.82 Å². The molecule has 0 saturated heterocycles. The fraction of sp³-hybridized carbons (Fsp3) is 0.286. The highest BCUT2D eigenvalue weighted by Crippen LogP contribution is 2.16. The lowest BCUT2D eigenvalue weighted by Crippen LogP contribution is -2.35. The summed E-state index contributed by atoms with van der Waals surface area (Å²) >= 11 is 1.42. The zero-order valence-electron chi connectivity index (χ0n) is 16.7. The van der Waals surface area contributed by atoms with E-state index < -0.39 is 5.82 Å². The molecule has 1 N–H and O–H groups in total. The van der Waals surface area contributed by atoms with E-state index in [2.05, 4.69) is 20.5 Å². The number of hydrogen-bond donors (Lipinski definition) is 1. The SMILES string of the molecule is O=C(NCc1nnc2n1CCN(C(=O)CSc1ccccn1)CC2)c1cccc(F)c1. The third-order valence-corrected chi connectivity index (χ3v) is 5.86. The van der Waals surface area contributed by atoms with Crippen LogP contribution in [-0.4, -0.2) is 55.3 Å². The van der Waals surface area contributed by atoms with Crippen LogP contribution in [-0.2, 0) is 24.3 Å². The van der Waals surface area contributed by atoms with Gasteiger partial charge in [0.1, 0.15) is 11.6 Å². The summed E-state index contributed by atoms with van der Waals surface area (Å²) in [7, 11) is 0. The van der Waals surface area contributed by atoms with Crippen LogP contribution < -0.4 is 5.32 Å². The average Bonchev–Trinajstić information content (AvgIpc) is 3.05. The van der Waals surface area contributed by atoms with Crippen LogP contribution in [0, 0.1) is 5.82 Å². The number of carbonyl (C=O) groups excluding carboxylic acids is 2. The van der Waals surface area contributed by atoms with Crippen LogP contribution in [0.3, 0.4) is 0 Å². The molecule has 0 unspecified atom stereocenters. The van der Waals surface area contributed by atoms with E-state index >= 15 is 0 Å². The number of benzene rings is 1. The average molecular weight is 441 g/mol. The Morgan fingerprint density at radius 3 is 2.81 bits per heavy atom. The van der Waals surface area contributed by atoms with Crippen molar-refractivity contribution in [1.29, 1.82) is 0 Å². The molecule has 8 nitrogen and oxygen atoms in total. The molecule has 4 rings (SSSR count). The lowest BCUT2D eigenvalue weighted by atomic mass is 10.2. The first-order chi connectivity index (χ1) is 15.1. The molecule has 0 fully saturated rings. The van der Waals surface area contributed by atoms with Gasteiger partial charge in [-0.2, -0.15) is 0 Å². The molecule has 0 radical (unpaired) electrons. The van der Waals surface area contributed by atoms with Gasteiger partial charge in [-0.3, -0.25) is 9.59 Å². The van der Waals surface area contributed by atoms with Gasteiger partial charge in [-0.05, 0) is 30.3 Å². The van der Waals surface area contributed by atoms with Gasteiger partial charge in [-0.25, -0.2) is 9.37 Å². The van der Waals surface area contributed by atoms with E-state index in [1.807, 2.05) is 27.7 Å². The molecule has 3 aromatic rings. The van der Waals surface area contributed by atoms with Crippen molar-refractivity contribution in [3.63, 3.8) is 0 Å². The molecule has 1 aromatic carbocycles. The number of halogens is 1. The molecule has 2 amide bonds. The summed E-state index contributed by atoms with van der Waals surface area (Å²) in [6.45, 7) is 1.83. The molecule has 1 aliphatic rings. The first-order valence-corrected chi connectivity index (χ1v) is 10.8. The second kappa shape index (κ2) is 9.69. The van der Waals surface area contributed by atoms with Crippen molar-refractivity contribution in [2.75, 3.05) is 18.8 Å². The fourth-order valence-electron chi connectivity index (χ4n) is 3.31. The monoisotopic (exact) mass is 440 g/mol. The number of amides is 2. The number of carbonyl (C=O) groups is 2. The number of pyridine rings is 1.